The highest BCUT2D eigenvalue weighted by Crippen LogP contribution is 2.25. The number of thiazole rings is 1. The van der Waals surface area contributed by atoms with E-state index in [2.05, 4.69) is 36.1 Å². The van der Waals surface area contributed by atoms with Crippen LogP contribution < -0.4 is 5.32 Å². The van der Waals surface area contributed by atoms with Gasteiger partial charge in [-0.25, -0.2) is 4.98 Å². The van der Waals surface area contributed by atoms with Gasteiger partial charge in [0, 0.05) is 32.3 Å². The number of aliphatic hydroxyl groups is 1. The van der Waals surface area contributed by atoms with Crippen LogP contribution in [0.2, 0.25) is 0 Å². The van der Waals surface area contributed by atoms with Gasteiger partial charge in [0.2, 0.25) is 12.3 Å². The molecular formula is C21H30N4O3S. The molecule has 2 amide bonds. The number of amides is 2. The maximum Gasteiger partial charge on any atom is 0.223 e. The third-order valence-corrected chi connectivity index (χ3v) is 5.34. The summed E-state index contributed by atoms with van der Waals surface area (Å²) in [6.07, 6.45) is 3.45. The molecule has 8 heteroatoms. The maximum atomic E-state index is 11.6. The Bertz CT molecular complexity index is 799. The molecule has 1 saturated heterocycles. The van der Waals surface area contributed by atoms with Crippen molar-refractivity contribution in [1.29, 1.82) is 0 Å². The lowest BCUT2D eigenvalue weighted by Crippen LogP contribution is -2.32. The number of β-amino-alcohol motifs (C(OH)–C–C–N with tert-alkyl or cyclic N) is 1. The fraction of sp³-hybridized carbons (Fsp3) is 0.524. The first kappa shape index (κ1) is 23.0. The number of aryl methyl sites for hydroxylation is 1. The Labute approximate surface area is 176 Å². The third-order valence-electron chi connectivity index (χ3n) is 4.39. The van der Waals surface area contributed by atoms with E-state index >= 15 is 0 Å². The zero-order valence-corrected chi connectivity index (χ0v) is 18.3. The molecule has 29 heavy (non-hydrogen) atoms. The topological polar surface area (TPSA) is 95.4 Å². The quantitative estimate of drug-likeness (QED) is 0.728. The van der Waals surface area contributed by atoms with E-state index in [1.807, 2.05) is 24.6 Å². The zero-order chi connectivity index (χ0) is 21.4. The van der Waals surface area contributed by atoms with Crippen molar-refractivity contribution in [3.8, 4) is 10.6 Å². The molecule has 1 atom stereocenters. The summed E-state index contributed by atoms with van der Waals surface area (Å²) < 4.78 is 0. The zero-order valence-electron chi connectivity index (χ0n) is 17.5. The maximum absolute atomic E-state index is 11.6. The van der Waals surface area contributed by atoms with Crippen molar-refractivity contribution >= 4 is 23.7 Å². The normalized spacial score (nSPS) is 16.2. The molecule has 7 nitrogen and oxygen atoms in total. The molecule has 2 N–H and O–H groups in total. The number of carbonyl (C=O) groups excluding carboxylic acids is 2. The fourth-order valence-electron chi connectivity index (χ4n) is 2.90. The van der Waals surface area contributed by atoms with Crippen LogP contribution in [0.4, 0.5) is 0 Å². The van der Waals surface area contributed by atoms with Gasteiger partial charge in [0.15, 0.2) is 0 Å². The van der Waals surface area contributed by atoms with Gasteiger partial charge in [0.25, 0.3) is 0 Å². The molecule has 0 saturated carbocycles. The van der Waals surface area contributed by atoms with Crippen molar-refractivity contribution in [2.75, 3.05) is 13.1 Å². The van der Waals surface area contributed by atoms with Crippen molar-refractivity contribution < 1.29 is 14.7 Å². The highest BCUT2D eigenvalue weighted by Gasteiger charge is 2.27. The van der Waals surface area contributed by atoms with E-state index in [1.165, 1.54) is 0 Å². The molecule has 3 rings (SSSR count). The molecule has 0 aliphatic carbocycles. The Morgan fingerprint density at radius 3 is 2.62 bits per heavy atom. The van der Waals surface area contributed by atoms with Gasteiger partial charge in [-0.05, 0) is 30.4 Å². The summed E-state index contributed by atoms with van der Waals surface area (Å²) in [6, 6.07) is 3.90. The SMILES string of the molecule is CC(C)(C)CC(=O)N1CCC(O)C1.Cc1ncsc1-c1ccc(CNC=O)cn1. The Hall–Kier alpha value is -2.32. The molecule has 0 spiro atoms. The van der Waals surface area contributed by atoms with Gasteiger partial charge in [0.1, 0.15) is 0 Å². The number of carbonyl (C=O) groups is 2. The number of hydrogen-bond acceptors (Lipinski definition) is 6. The number of nitrogens with one attached hydrogen (secondary N) is 1. The number of likely N-dealkylation sites (tertiary alicyclic amines) is 1. The summed E-state index contributed by atoms with van der Waals surface area (Å²) in [5, 5.41) is 11.9. The summed E-state index contributed by atoms with van der Waals surface area (Å²) in [6.45, 7) is 9.88. The van der Waals surface area contributed by atoms with E-state index in [4.69, 9.17) is 0 Å². The summed E-state index contributed by atoms with van der Waals surface area (Å²) in [4.78, 5) is 33.1. The highest BCUT2D eigenvalue weighted by atomic mass is 32.1. The van der Waals surface area contributed by atoms with Crippen molar-refractivity contribution in [2.45, 2.75) is 53.2 Å². The summed E-state index contributed by atoms with van der Waals surface area (Å²) >= 11 is 1.58. The first-order chi connectivity index (χ1) is 13.7. The van der Waals surface area contributed by atoms with E-state index < -0.39 is 0 Å². The molecule has 0 bridgehead atoms. The van der Waals surface area contributed by atoms with Gasteiger partial charge in [0.05, 0.1) is 27.9 Å². The highest BCUT2D eigenvalue weighted by molar-refractivity contribution is 7.13. The van der Waals surface area contributed by atoms with E-state index in [1.54, 1.807) is 22.4 Å². The lowest BCUT2D eigenvalue weighted by atomic mass is 9.92. The van der Waals surface area contributed by atoms with Crippen LogP contribution in [-0.2, 0) is 16.1 Å². The average Bonchev–Trinajstić information content (AvgIpc) is 3.28. The summed E-state index contributed by atoms with van der Waals surface area (Å²) in [5.74, 6) is 0.170. The number of rotatable bonds is 5. The molecule has 1 aliphatic heterocycles. The average molecular weight is 419 g/mol. The van der Waals surface area contributed by atoms with Crippen LogP contribution in [0.25, 0.3) is 10.6 Å². The van der Waals surface area contributed by atoms with Crippen molar-refractivity contribution in [2.24, 2.45) is 5.41 Å². The van der Waals surface area contributed by atoms with E-state index in [9.17, 15) is 14.7 Å². The fourth-order valence-corrected chi connectivity index (χ4v) is 3.69. The Morgan fingerprint density at radius 2 is 2.14 bits per heavy atom. The molecular weight excluding hydrogens is 388 g/mol. The predicted octanol–water partition coefficient (Wildman–Crippen LogP) is 2.78. The first-order valence-electron chi connectivity index (χ1n) is 9.68. The van der Waals surface area contributed by atoms with Crippen LogP contribution in [-0.4, -0.2) is 51.5 Å². The Balaban J connectivity index is 0.000000212. The summed E-state index contributed by atoms with van der Waals surface area (Å²) in [7, 11) is 0. The second kappa shape index (κ2) is 10.5. The number of nitrogens with zero attached hydrogens (tertiary/aromatic N) is 3. The van der Waals surface area contributed by atoms with Gasteiger partial charge in [-0.1, -0.05) is 26.8 Å². The molecule has 3 heterocycles. The minimum Gasteiger partial charge on any atom is -0.391 e. The van der Waals surface area contributed by atoms with Crippen LogP contribution in [0, 0.1) is 12.3 Å². The van der Waals surface area contributed by atoms with Crippen LogP contribution in [0.15, 0.2) is 23.8 Å². The number of pyridine rings is 1. The van der Waals surface area contributed by atoms with E-state index in [0.29, 0.717) is 25.9 Å². The number of aromatic nitrogens is 2. The number of hydrogen-bond donors (Lipinski definition) is 2. The van der Waals surface area contributed by atoms with E-state index in [0.717, 1.165) is 34.8 Å². The van der Waals surface area contributed by atoms with Crippen LogP contribution >= 0.6 is 11.3 Å². The monoisotopic (exact) mass is 418 g/mol. The van der Waals surface area contributed by atoms with Crippen LogP contribution in [0.1, 0.15) is 44.9 Å². The molecule has 1 unspecified atom stereocenters. The van der Waals surface area contributed by atoms with Crippen LogP contribution in [0.5, 0.6) is 0 Å². The summed E-state index contributed by atoms with van der Waals surface area (Å²) in [5.41, 5.74) is 4.77. The van der Waals surface area contributed by atoms with Gasteiger partial charge >= 0.3 is 0 Å². The molecule has 0 aromatic carbocycles. The molecule has 1 aliphatic rings. The van der Waals surface area contributed by atoms with Gasteiger partial charge in [-0.2, -0.15) is 0 Å². The second-order valence-corrected chi connectivity index (χ2v) is 9.19. The predicted molar refractivity (Wildman–Crippen MR) is 114 cm³/mol. The molecule has 2 aromatic rings. The largest absolute Gasteiger partial charge is 0.391 e. The van der Waals surface area contributed by atoms with Crippen molar-refractivity contribution in [1.82, 2.24) is 20.2 Å². The van der Waals surface area contributed by atoms with E-state index in [-0.39, 0.29) is 17.4 Å². The minimum atomic E-state index is -0.302. The van der Waals surface area contributed by atoms with Crippen LogP contribution in [0.3, 0.4) is 0 Å². The standard InChI is InChI=1S/C11H11N3OS.C10H19NO2/c1-8-11(16-7-14-8)10-3-2-9(5-13-10)4-12-6-15;1-10(2,3)6-9(13)11-5-4-8(12)7-11/h2-3,5-7H,4H2,1H3,(H,12,15);8,12H,4-7H2,1-3H3. The number of aliphatic hydroxyl groups excluding tert-OH is 1. The van der Waals surface area contributed by atoms with Gasteiger partial charge < -0.3 is 15.3 Å². The first-order valence-corrected chi connectivity index (χ1v) is 10.6. The Morgan fingerprint density at radius 1 is 1.38 bits per heavy atom. The lowest BCUT2D eigenvalue weighted by molar-refractivity contribution is -0.132. The minimum absolute atomic E-state index is 0.0463. The smallest absolute Gasteiger partial charge is 0.223 e. The van der Waals surface area contributed by atoms with Gasteiger partial charge in [-0.15, -0.1) is 11.3 Å². The second-order valence-electron chi connectivity index (χ2n) is 8.34. The van der Waals surface area contributed by atoms with Crippen molar-refractivity contribution in [3.05, 3.63) is 35.1 Å². The van der Waals surface area contributed by atoms with Crippen molar-refractivity contribution in [3.63, 3.8) is 0 Å². The lowest BCUT2D eigenvalue weighted by Gasteiger charge is -2.22. The molecule has 158 valence electrons. The third kappa shape index (κ3) is 7.55. The molecule has 0 radical (unpaired) electrons. The van der Waals surface area contributed by atoms with Gasteiger partial charge in [-0.3, -0.25) is 14.6 Å². The Kier molecular flexibility index (Phi) is 8.28. The molecule has 1 fully saturated rings. The molecule has 2 aromatic heterocycles.